The molecular formula is C14H17F3N2O. The first-order chi connectivity index (χ1) is 9.33. The first-order valence-corrected chi connectivity index (χ1v) is 6.51. The number of carbonyl (C=O) groups excluding carboxylic acids is 1. The second kappa shape index (κ2) is 5.44. The molecule has 1 atom stereocenters. The van der Waals surface area contributed by atoms with E-state index in [1.807, 2.05) is 0 Å². The van der Waals surface area contributed by atoms with Gasteiger partial charge in [0.25, 0.3) is 0 Å². The van der Waals surface area contributed by atoms with Gasteiger partial charge in [-0.2, -0.15) is 13.2 Å². The lowest BCUT2D eigenvalue weighted by atomic mass is 9.99. The van der Waals surface area contributed by atoms with Crippen LogP contribution in [0, 0.1) is 0 Å². The zero-order valence-corrected chi connectivity index (χ0v) is 11.2. The summed E-state index contributed by atoms with van der Waals surface area (Å²) < 4.78 is 38.5. The summed E-state index contributed by atoms with van der Waals surface area (Å²) in [6.45, 7) is 2.40. The van der Waals surface area contributed by atoms with Gasteiger partial charge in [0.2, 0.25) is 5.91 Å². The predicted octanol–water partition coefficient (Wildman–Crippen LogP) is 2.46. The molecule has 0 aliphatic carbocycles. The van der Waals surface area contributed by atoms with Crippen molar-refractivity contribution in [1.29, 1.82) is 0 Å². The van der Waals surface area contributed by atoms with Gasteiger partial charge in [0.15, 0.2) is 0 Å². The van der Waals surface area contributed by atoms with E-state index in [0.29, 0.717) is 6.42 Å². The molecule has 1 heterocycles. The molecule has 1 aromatic carbocycles. The summed E-state index contributed by atoms with van der Waals surface area (Å²) in [5.74, 6) is -0.257. The third kappa shape index (κ3) is 3.12. The maximum Gasteiger partial charge on any atom is 0.416 e. The van der Waals surface area contributed by atoms with E-state index in [1.165, 1.54) is 18.2 Å². The molecule has 1 fully saturated rings. The number of amides is 1. The van der Waals surface area contributed by atoms with Crippen molar-refractivity contribution in [2.24, 2.45) is 0 Å². The van der Waals surface area contributed by atoms with E-state index >= 15 is 0 Å². The average molecular weight is 286 g/mol. The van der Waals surface area contributed by atoms with E-state index in [4.69, 9.17) is 0 Å². The molecule has 3 nitrogen and oxygen atoms in total. The van der Waals surface area contributed by atoms with Crippen LogP contribution in [0.1, 0.15) is 30.9 Å². The van der Waals surface area contributed by atoms with Gasteiger partial charge in [-0.3, -0.25) is 4.79 Å². The summed E-state index contributed by atoms with van der Waals surface area (Å²) in [6.07, 6.45) is -2.82. The molecule has 2 N–H and O–H groups in total. The van der Waals surface area contributed by atoms with Crippen LogP contribution in [0.2, 0.25) is 0 Å². The Morgan fingerprint density at radius 2 is 2.10 bits per heavy atom. The fraction of sp³-hybridized carbons (Fsp3) is 0.500. The number of nitrogens with one attached hydrogen (secondary N) is 2. The smallest absolute Gasteiger partial charge is 0.350 e. The van der Waals surface area contributed by atoms with Crippen LogP contribution in [-0.4, -0.2) is 18.0 Å². The van der Waals surface area contributed by atoms with Crippen LogP contribution in [0.15, 0.2) is 24.3 Å². The normalized spacial score (nSPS) is 22.8. The zero-order chi connectivity index (χ0) is 14.8. The molecule has 110 valence electrons. The van der Waals surface area contributed by atoms with Crippen molar-refractivity contribution in [2.45, 2.75) is 38.0 Å². The Balaban J connectivity index is 2.06. The van der Waals surface area contributed by atoms with E-state index in [9.17, 15) is 18.0 Å². The van der Waals surface area contributed by atoms with Crippen LogP contribution < -0.4 is 10.6 Å². The third-order valence-electron chi connectivity index (χ3n) is 3.63. The molecule has 1 aliphatic rings. The highest BCUT2D eigenvalue weighted by atomic mass is 19.4. The number of benzene rings is 1. The monoisotopic (exact) mass is 286 g/mol. The summed E-state index contributed by atoms with van der Waals surface area (Å²) in [5, 5.41) is 5.67. The quantitative estimate of drug-likeness (QED) is 0.896. The molecule has 1 amide bonds. The summed E-state index contributed by atoms with van der Waals surface area (Å²) >= 11 is 0. The Labute approximate surface area is 115 Å². The SMILES string of the molecule is C[C@]1(C(=O)NCc2ccccc2C(F)(F)F)CCCN1. The van der Waals surface area contributed by atoms with Crippen molar-refractivity contribution in [3.63, 3.8) is 0 Å². The highest BCUT2D eigenvalue weighted by Crippen LogP contribution is 2.31. The van der Waals surface area contributed by atoms with Crippen LogP contribution in [0.4, 0.5) is 13.2 Å². The molecule has 2 rings (SSSR count). The fourth-order valence-electron chi connectivity index (χ4n) is 2.41. The van der Waals surface area contributed by atoms with Crippen molar-refractivity contribution in [2.75, 3.05) is 6.54 Å². The number of halogens is 3. The maximum absolute atomic E-state index is 12.8. The van der Waals surface area contributed by atoms with Gasteiger partial charge in [-0.05, 0) is 37.9 Å². The predicted molar refractivity (Wildman–Crippen MR) is 68.9 cm³/mol. The lowest BCUT2D eigenvalue weighted by Gasteiger charge is -2.23. The summed E-state index contributed by atoms with van der Waals surface area (Å²) in [5.41, 5.74) is -1.30. The molecule has 1 aliphatic heterocycles. The van der Waals surface area contributed by atoms with Crippen molar-refractivity contribution in [3.8, 4) is 0 Å². The maximum atomic E-state index is 12.8. The van der Waals surface area contributed by atoms with Gasteiger partial charge in [0, 0.05) is 6.54 Å². The molecule has 0 radical (unpaired) electrons. The first-order valence-electron chi connectivity index (χ1n) is 6.51. The third-order valence-corrected chi connectivity index (χ3v) is 3.63. The van der Waals surface area contributed by atoms with Gasteiger partial charge in [-0.1, -0.05) is 18.2 Å². The number of hydrogen-bond acceptors (Lipinski definition) is 2. The van der Waals surface area contributed by atoms with Crippen LogP contribution in [0.3, 0.4) is 0 Å². The molecular weight excluding hydrogens is 269 g/mol. The van der Waals surface area contributed by atoms with Gasteiger partial charge in [0.05, 0.1) is 11.1 Å². The highest BCUT2D eigenvalue weighted by Gasteiger charge is 2.36. The summed E-state index contributed by atoms with van der Waals surface area (Å²) in [7, 11) is 0. The van der Waals surface area contributed by atoms with E-state index < -0.39 is 17.3 Å². The molecule has 6 heteroatoms. The van der Waals surface area contributed by atoms with Crippen LogP contribution in [-0.2, 0) is 17.5 Å². The molecule has 0 unspecified atom stereocenters. The highest BCUT2D eigenvalue weighted by molar-refractivity contribution is 5.86. The molecule has 1 saturated heterocycles. The number of alkyl halides is 3. The molecule has 0 saturated carbocycles. The zero-order valence-electron chi connectivity index (χ0n) is 11.2. The minimum absolute atomic E-state index is 0.0787. The van der Waals surface area contributed by atoms with Crippen molar-refractivity contribution < 1.29 is 18.0 Å². The standard InChI is InChI=1S/C14H17F3N2O/c1-13(7-4-8-19-13)12(20)18-9-10-5-2-3-6-11(10)14(15,16)17/h2-3,5-6,19H,4,7-9H2,1H3,(H,18,20)/t13-/m1/s1. The molecule has 20 heavy (non-hydrogen) atoms. The Hall–Kier alpha value is -1.56. The Kier molecular flexibility index (Phi) is 4.04. The van der Waals surface area contributed by atoms with Crippen molar-refractivity contribution in [1.82, 2.24) is 10.6 Å². The minimum atomic E-state index is -4.41. The Bertz CT molecular complexity index is 493. The average Bonchev–Trinajstić information content (AvgIpc) is 2.83. The molecule has 0 bridgehead atoms. The number of hydrogen-bond donors (Lipinski definition) is 2. The lowest BCUT2D eigenvalue weighted by Crippen LogP contribution is -2.50. The van der Waals surface area contributed by atoms with E-state index in [2.05, 4.69) is 10.6 Å². The lowest BCUT2D eigenvalue weighted by molar-refractivity contribution is -0.138. The van der Waals surface area contributed by atoms with Crippen LogP contribution >= 0.6 is 0 Å². The Morgan fingerprint density at radius 3 is 2.70 bits per heavy atom. The topological polar surface area (TPSA) is 41.1 Å². The number of carbonyl (C=O) groups is 1. The van der Waals surface area contributed by atoms with E-state index in [1.54, 1.807) is 6.92 Å². The first kappa shape index (κ1) is 14.8. The van der Waals surface area contributed by atoms with Gasteiger partial charge >= 0.3 is 6.18 Å². The van der Waals surface area contributed by atoms with Crippen molar-refractivity contribution >= 4 is 5.91 Å². The summed E-state index contributed by atoms with van der Waals surface area (Å²) in [6, 6.07) is 5.28. The molecule has 0 aromatic heterocycles. The van der Waals surface area contributed by atoms with Gasteiger partial charge < -0.3 is 10.6 Å². The van der Waals surface area contributed by atoms with Crippen LogP contribution in [0.5, 0.6) is 0 Å². The minimum Gasteiger partial charge on any atom is -0.350 e. The fourth-order valence-corrected chi connectivity index (χ4v) is 2.41. The largest absolute Gasteiger partial charge is 0.416 e. The Morgan fingerprint density at radius 1 is 1.40 bits per heavy atom. The van der Waals surface area contributed by atoms with E-state index in [0.717, 1.165) is 19.0 Å². The molecule has 1 aromatic rings. The second-order valence-corrected chi connectivity index (χ2v) is 5.20. The van der Waals surface area contributed by atoms with Crippen LogP contribution in [0.25, 0.3) is 0 Å². The van der Waals surface area contributed by atoms with Gasteiger partial charge in [-0.15, -0.1) is 0 Å². The van der Waals surface area contributed by atoms with Gasteiger partial charge in [-0.25, -0.2) is 0 Å². The number of rotatable bonds is 3. The van der Waals surface area contributed by atoms with Crippen molar-refractivity contribution in [3.05, 3.63) is 35.4 Å². The summed E-state index contributed by atoms with van der Waals surface area (Å²) in [4.78, 5) is 12.0. The van der Waals surface area contributed by atoms with E-state index in [-0.39, 0.29) is 18.0 Å². The van der Waals surface area contributed by atoms with Gasteiger partial charge in [0.1, 0.15) is 0 Å². The molecule has 0 spiro atoms. The second-order valence-electron chi connectivity index (χ2n) is 5.20.